The van der Waals surface area contributed by atoms with E-state index in [2.05, 4.69) is 20.2 Å². The molecular formula is C19H21FN4O3. The molecule has 2 saturated heterocycles. The summed E-state index contributed by atoms with van der Waals surface area (Å²) in [6.45, 7) is 4.50. The van der Waals surface area contributed by atoms with Crippen molar-refractivity contribution in [2.45, 2.75) is 25.6 Å². The van der Waals surface area contributed by atoms with Crippen molar-refractivity contribution in [1.29, 1.82) is 0 Å². The molecule has 0 unspecified atom stereocenters. The van der Waals surface area contributed by atoms with Crippen LogP contribution in [-0.2, 0) is 9.47 Å². The van der Waals surface area contributed by atoms with Crippen molar-refractivity contribution in [3.63, 3.8) is 0 Å². The maximum atomic E-state index is 13.0. The van der Waals surface area contributed by atoms with E-state index in [-0.39, 0.29) is 17.4 Å². The molecule has 0 radical (unpaired) electrons. The summed E-state index contributed by atoms with van der Waals surface area (Å²) >= 11 is 0. The number of halogens is 1. The number of rotatable bonds is 3. The number of aromatic nitrogens is 2. The zero-order valence-electron chi connectivity index (χ0n) is 15.1. The van der Waals surface area contributed by atoms with E-state index in [1.807, 2.05) is 0 Å². The molecule has 0 aliphatic carbocycles. The Bertz CT molecular complexity index is 827. The quantitative estimate of drug-likeness (QED) is 0.892. The second kappa shape index (κ2) is 7.21. The Labute approximate surface area is 156 Å². The predicted octanol–water partition coefficient (Wildman–Crippen LogP) is 2.52. The number of nitrogens with zero attached hydrogens (tertiary/aromatic N) is 3. The van der Waals surface area contributed by atoms with Crippen LogP contribution in [0.4, 0.5) is 15.9 Å². The monoisotopic (exact) mass is 372 g/mol. The molecular weight excluding hydrogens is 351 g/mol. The van der Waals surface area contributed by atoms with E-state index < -0.39 is 5.79 Å². The summed E-state index contributed by atoms with van der Waals surface area (Å²) in [6.07, 6.45) is 1.51. The average Bonchev–Trinajstić information content (AvgIpc) is 3.11. The van der Waals surface area contributed by atoms with Crippen LogP contribution in [0.5, 0.6) is 0 Å². The van der Waals surface area contributed by atoms with E-state index in [1.54, 1.807) is 13.0 Å². The van der Waals surface area contributed by atoms with Crippen molar-refractivity contribution in [1.82, 2.24) is 9.97 Å². The molecule has 3 heterocycles. The predicted molar refractivity (Wildman–Crippen MR) is 97.2 cm³/mol. The Hall–Kier alpha value is -2.58. The minimum absolute atomic E-state index is 0.274. The molecule has 2 fully saturated rings. The second-order valence-corrected chi connectivity index (χ2v) is 6.71. The Morgan fingerprint density at radius 2 is 1.81 bits per heavy atom. The van der Waals surface area contributed by atoms with Gasteiger partial charge in [-0.25, -0.2) is 14.4 Å². The lowest BCUT2D eigenvalue weighted by Gasteiger charge is -2.38. The SMILES string of the molecule is Cc1nc(C(=O)Nc2ccc(F)cc2)cc(N2CCC3(CC2)OCCO3)n1. The molecule has 0 atom stereocenters. The van der Waals surface area contributed by atoms with Gasteiger partial charge in [-0.05, 0) is 31.2 Å². The molecule has 1 spiro atoms. The Morgan fingerprint density at radius 1 is 1.15 bits per heavy atom. The average molecular weight is 372 g/mol. The number of nitrogens with one attached hydrogen (secondary N) is 1. The van der Waals surface area contributed by atoms with E-state index in [9.17, 15) is 9.18 Å². The topological polar surface area (TPSA) is 76.6 Å². The van der Waals surface area contributed by atoms with Crippen LogP contribution in [0, 0.1) is 12.7 Å². The summed E-state index contributed by atoms with van der Waals surface area (Å²) in [5.41, 5.74) is 0.783. The molecule has 1 aromatic heterocycles. The van der Waals surface area contributed by atoms with Gasteiger partial charge in [-0.1, -0.05) is 0 Å². The van der Waals surface area contributed by atoms with Crippen LogP contribution in [-0.4, -0.2) is 48.0 Å². The van der Waals surface area contributed by atoms with E-state index in [1.165, 1.54) is 24.3 Å². The number of anilines is 2. The van der Waals surface area contributed by atoms with Gasteiger partial charge >= 0.3 is 0 Å². The van der Waals surface area contributed by atoms with Crippen LogP contribution in [0.3, 0.4) is 0 Å². The molecule has 1 aromatic carbocycles. The maximum Gasteiger partial charge on any atom is 0.274 e. The van der Waals surface area contributed by atoms with Gasteiger partial charge in [0.15, 0.2) is 5.79 Å². The van der Waals surface area contributed by atoms with Crippen molar-refractivity contribution < 1.29 is 18.7 Å². The van der Waals surface area contributed by atoms with Gasteiger partial charge in [-0.3, -0.25) is 4.79 Å². The summed E-state index contributed by atoms with van der Waals surface area (Å²) in [7, 11) is 0. The van der Waals surface area contributed by atoms with Crippen molar-refractivity contribution >= 4 is 17.4 Å². The molecule has 8 heteroatoms. The number of carbonyl (C=O) groups excluding carboxylic acids is 1. The summed E-state index contributed by atoms with van der Waals surface area (Å²) in [5, 5.41) is 2.73. The zero-order valence-corrected chi connectivity index (χ0v) is 15.1. The highest BCUT2D eigenvalue weighted by molar-refractivity contribution is 6.03. The molecule has 2 aromatic rings. The maximum absolute atomic E-state index is 13.0. The molecule has 27 heavy (non-hydrogen) atoms. The van der Waals surface area contributed by atoms with Gasteiger partial charge in [0.1, 0.15) is 23.2 Å². The highest BCUT2D eigenvalue weighted by atomic mass is 19.1. The third-order valence-electron chi connectivity index (χ3n) is 4.82. The molecule has 0 bridgehead atoms. The Morgan fingerprint density at radius 3 is 2.48 bits per heavy atom. The molecule has 2 aliphatic heterocycles. The van der Waals surface area contributed by atoms with Crippen molar-refractivity contribution in [2.75, 3.05) is 36.5 Å². The normalized spacial score (nSPS) is 18.7. The minimum Gasteiger partial charge on any atom is -0.356 e. The standard InChI is InChI=1S/C19H21FN4O3/c1-13-21-16(18(25)23-15-4-2-14(20)3-5-15)12-17(22-13)24-8-6-19(7-9-24)26-10-11-27-19/h2-5,12H,6-11H2,1H3,(H,23,25). The summed E-state index contributed by atoms with van der Waals surface area (Å²) in [5.74, 6) is 0.0574. The fourth-order valence-electron chi connectivity index (χ4n) is 3.42. The van der Waals surface area contributed by atoms with E-state index in [0.29, 0.717) is 30.5 Å². The van der Waals surface area contributed by atoms with Gasteiger partial charge in [-0.15, -0.1) is 0 Å². The van der Waals surface area contributed by atoms with Crippen LogP contribution < -0.4 is 10.2 Å². The van der Waals surface area contributed by atoms with Gasteiger partial charge in [0.2, 0.25) is 0 Å². The Balaban J connectivity index is 1.48. The van der Waals surface area contributed by atoms with Crippen LogP contribution >= 0.6 is 0 Å². The minimum atomic E-state index is -0.457. The summed E-state index contributed by atoms with van der Waals surface area (Å²) in [4.78, 5) is 23.4. The first-order chi connectivity index (χ1) is 13.0. The fourth-order valence-corrected chi connectivity index (χ4v) is 3.42. The van der Waals surface area contributed by atoms with Gasteiger partial charge in [-0.2, -0.15) is 0 Å². The van der Waals surface area contributed by atoms with Crippen molar-refractivity contribution in [2.24, 2.45) is 0 Å². The summed E-state index contributed by atoms with van der Waals surface area (Å²) < 4.78 is 24.5. The lowest BCUT2D eigenvalue weighted by molar-refractivity contribution is -0.169. The van der Waals surface area contributed by atoms with Gasteiger partial charge < -0.3 is 19.7 Å². The van der Waals surface area contributed by atoms with Crippen LogP contribution in [0.15, 0.2) is 30.3 Å². The van der Waals surface area contributed by atoms with Gasteiger partial charge in [0.25, 0.3) is 5.91 Å². The number of carbonyl (C=O) groups is 1. The smallest absolute Gasteiger partial charge is 0.274 e. The molecule has 7 nitrogen and oxygen atoms in total. The highest BCUT2D eigenvalue weighted by Gasteiger charge is 2.40. The van der Waals surface area contributed by atoms with Crippen LogP contribution in [0.2, 0.25) is 0 Å². The number of hydrogen-bond donors (Lipinski definition) is 1. The number of amides is 1. The Kier molecular flexibility index (Phi) is 4.75. The molecule has 1 N–H and O–H groups in total. The third kappa shape index (κ3) is 3.91. The zero-order chi connectivity index (χ0) is 18.9. The highest BCUT2D eigenvalue weighted by Crippen LogP contribution is 2.32. The number of ether oxygens (including phenoxy) is 2. The van der Waals surface area contributed by atoms with Gasteiger partial charge in [0.05, 0.1) is 13.2 Å². The molecule has 0 saturated carbocycles. The van der Waals surface area contributed by atoms with E-state index in [0.717, 1.165) is 25.9 Å². The van der Waals surface area contributed by atoms with E-state index >= 15 is 0 Å². The molecule has 1 amide bonds. The number of benzene rings is 1. The van der Waals surface area contributed by atoms with Crippen molar-refractivity contribution in [3.05, 3.63) is 47.7 Å². The molecule has 142 valence electrons. The first-order valence-corrected chi connectivity index (χ1v) is 8.99. The fraction of sp³-hybridized carbons (Fsp3) is 0.421. The van der Waals surface area contributed by atoms with Gasteiger partial charge in [0, 0.05) is 37.7 Å². The summed E-state index contributed by atoms with van der Waals surface area (Å²) in [6, 6.07) is 7.29. The first kappa shape index (κ1) is 17.8. The second-order valence-electron chi connectivity index (χ2n) is 6.71. The van der Waals surface area contributed by atoms with Crippen molar-refractivity contribution in [3.8, 4) is 0 Å². The molecule has 4 rings (SSSR count). The largest absolute Gasteiger partial charge is 0.356 e. The van der Waals surface area contributed by atoms with E-state index in [4.69, 9.17) is 9.47 Å². The first-order valence-electron chi connectivity index (χ1n) is 8.99. The van der Waals surface area contributed by atoms with Crippen LogP contribution in [0.1, 0.15) is 29.2 Å². The lowest BCUT2D eigenvalue weighted by atomic mass is 10.0. The third-order valence-corrected chi connectivity index (χ3v) is 4.82. The number of hydrogen-bond acceptors (Lipinski definition) is 6. The lowest BCUT2D eigenvalue weighted by Crippen LogP contribution is -2.45. The van der Waals surface area contributed by atoms with Crippen LogP contribution in [0.25, 0.3) is 0 Å². The molecule has 2 aliphatic rings. The number of piperidine rings is 1. The number of aryl methyl sites for hydroxylation is 1.